The van der Waals surface area contributed by atoms with E-state index >= 15 is 0 Å². The van der Waals surface area contributed by atoms with E-state index in [1.165, 1.54) is 25.7 Å². The molecule has 2 nitrogen and oxygen atoms in total. The van der Waals surface area contributed by atoms with E-state index in [2.05, 4.69) is 55.4 Å². The fraction of sp³-hybridized carbons (Fsp3) is 1.00. The van der Waals surface area contributed by atoms with E-state index in [0.717, 1.165) is 51.4 Å². The van der Waals surface area contributed by atoms with Gasteiger partial charge in [-0.2, -0.15) is 0 Å². The van der Waals surface area contributed by atoms with Crippen LogP contribution in [0, 0.1) is 23.7 Å². The Bertz CT molecular complexity index is 323. The van der Waals surface area contributed by atoms with Gasteiger partial charge >= 0.3 is 0 Å². The molecule has 0 bridgehead atoms. The molecule has 0 amide bonds. The van der Waals surface area contributed by atoms with Crippen LogP contribution in [0.4, 0.5) is 0 Å². The number of aliphatic hydroxyl groups is 2. The first kappa shape index (κ1) is 27.9. The maximum atomic E-state index is 11.2. The van der Waals surface area contributed by atoms with E-state index < -0.39 is 11.2 Å². The van der Waals surface area contributed by atoms with Gasteiger partial charge in [0.1, 0.15) is 0 Å². The lowest BCUT2D eigenvalue weighted by molar-refractivity contribution is -0.0702. The van der Waals surface area contributed by atoms with Crippen LogP contribution in [0.15, 0.2) is 0 Å². The second kappa shape index (κ2) is 14.0. The molecule has 2 heteroatoms. The van der Waals surface area contributed by atoms with E-state index in [9.17, 15) is 10.2 Å². The van der Waals surface area contributed by atoms with Gasteiger partial charge in [0.25, 0.3) is 0 Å². The Labute approximate surface area is 177 Å². The molecule has 0 fully saturated rings. The van der Waals surface area contributed by atoms with Crippen molar-refractivity contribution in [1.82, 2.24) is 0 Å². The van der Waals surface area contributed by atoms with Crippen molar-refractivity contribution in [1.29, 1.82) is 0 Å². The summed E-state index contributed by atoms with van der Waals surface area (Å²) in [6.07, 6.45) is 13.3. The van der Waals surface area contributed by atoms with Gasteiger partial charge < -0.3 is 10.2 Å². The van der Waals surface area contributed by atoms with Crippen molar-refractivity contribution in [3.05, 3.63) is 0 Å². The van der Waals surface area contributed by atoms with Crippen LogP contribution in [-0.2, 0) is 0 Å². The van der Waals surface area contributed by atoms with Crippen molar-refractivity contribution >= 4 is 0 Å². The topological polar surface area (TPSA) is 40.5 Å². The monoisotopic (exact) mass is 398 g/mol. The fourth-order valence-electron chi connectivity index (χ4n) is 4.89. The van der Waals surface area contributed by atoms with E-state index in [1.807, 2.05) is 0 Å². The molecule has 0 heterocycles. The van der Waals surface area contributed by atoms with Crippen LogP contribution in [0.2, 0.25) is 0 Å². The Kier molecular flexibility index (Phi) is 14.0. The van der Waals surface area contributed by atoms with Gasteiger partial charge in [-0.05, 0) is 36.5 Å². The zero-order valence-corrected chi connectivity index (χ0v) is 20.7. The van der Waals surface area contributed by atoms with E-state index in [1.54, 1.807) is 0 Å². The molecule has 0 saturated heterocycles. The number of rotatable bonds is 17. The molecule has 0 aliphatic carbocycles. The summed E-state index contributed by atoms with van der Waals surface area (Å²) in [6.45, 7) is 17.6. The Morgan fingerprint density at radius 3 is 0.893 bits per heavy atom. The highest BCUT2D eigenvalue weighted by Crippen LogP contribution is 2.37. The number of unbranched alkanes of at least 4 members (excludes halogenated alkanes) is 5. The quantitative estimate of drug-likeness (QED) is 0.246. The molecule has 4 unspecified atom stereocenters. The Morgan fingerprint density at radius 2 is 0.679 bits per heavy atom. The van der Waals surface area contributed by atoms with Crippen molar-refractivity contribution < 1.29 is 10.2 Å². The maximum Gasteiger partial charge on any atom is 0.0698 e. The van der Waals surface area contributed by atoms with E-state index in [-0.39, 0.29) is 0 Å². The third kappa shape index (κ3) is 7.98. The summed E-state index contributed by atoms with van der Waals surface area (Å²) in [6, 6.07) is 0. The summed E-state index contributed by atoms with van der Waals surface area (Å²) in [5, 5.41) is 22.4. The summed E-state index contributed by atoms with van der Waals surface area (Å²) in [4.78, 5) is 0. The SMILES string of the molecule is CCC(C)C(O)(CCCCCCCCC(O)(C(C)CC)C(C)CC)C(C)CC. The smallest absolute Gasteiger partial charge is 0.0698 e. The largest absolute Gasteiger partial charge is 0.389 e. The van der Waals surface area contributed by atoms with Crippen molar-refractivity contribution in [2.75, 3.05) is 0 Å². The summed E-state index contributed by atoms with van der Waals surface area (Å²) >= 11 is 0. The molecule has 28 heavy (non-hydrogen) atoms. The predicted molar refractivity (Wildman–Crippen MR) is 125 cm³/mol. The molecule has 170 valence electrons. The zero-order chi connectivity index (χ0) is 21.8. The molecule has 0 aliphatic rings. The van der Waals surface area contributed by atoms with E-state index in [0.29, 0.717) is 23.7 Å². The normalized spacial score (nSPS) is 20.8. The molecule has 4 atom stereocenters. The lowest BCUT2D eigenvalue weighted by atomic mass is 9.73. The summed E-state index contributed by atoms with van der Waals surface area (Å²) in [7, 11) is 0. The molecule has 2 N–H and O–H groups in total. The average Bonchev–Trinajstić information content (AvgIpc) is 2.72. The second-order valence-corrected chi connectivity index (χ2v) is 9.84. The minimum absolute atomic E-state index is 0.376. The van der Waals surface area contributed by atoms with E-state index in [4.69, 9.17) is 0 Å². The molecule has 0 aromatic rings. The van der Waals surface area contributed by atoms with Gasteiger partial charge in [-0.1, -0.05) is 120 Å². The molecular formula is C26H54O2. The van der Waals surface area contributed by atoms with Crippen molar-refractivity contribution in [3.63, 3.8) is 0 Å². The van der Waals surface area contributed by atoms with Gasteiger partial charge in [-0.15, -0.1) is 0 Å². The van der Waals surface area contributed by atoms with Gasteiger partial charge in [-0.25, -0.2) is 0 Å². The minimum atomic E-state index is -0.493. The predicted octanol–water partition coefficient (Wildman–Crippen LogP) is 7.75. The highest BCUT2D eigenvalue weighted by molar-refractivity contribution is 4.89. The van der Waals surface area contributed by atoms with Gasteiger partial charge in [0.2, 0.25) is 0 Å². The summed E-state index contributed by atoms with van der Waals surface area (Å²) < 4.78 is 0. The van der Waals surface area contributed by atoms with Crippen LogP contribution < -0.4 is 0 Å². The van der Waals surface area contributed by atoms with Gasteiger partial charge in [0.05, 0.1) is 11.2 Å². The lowest BCUT2D eigenvalue weighted by Crippen LogP contribution is -2.42. The van der Waals surface area contributed by atoms with Crippen LogP contribution in [-0.4, -0.2) is 21.4 Å². The second-order valence-electron chi connectivity index (χ2n) is 9.84. The molecule has 0 spiro atoms. The van der Waals surface area contributed by atoms with Crippen molar-refractivity contribution in [2.45, 2.75) is 144 Å². The highest BCUT2D eigenvalue weighted by atomic mass is 16.3. The first-order valence-electron chi connectivity index (χ1n) is 12.6. The average molecular weight is 399 g/mol. The molecule has 0 rings (SSSR count). The van der Waals surface area contributed by atoms with Gasteiger partial charge in [0, 0.05) is 0 Å². The summed E-state index contributed by atoms with van der Waals surface area (Å²) in [5.41, 5.74) is -0.987. The Balaban J connectivity index is 4.23. The molecule has 0 radical (unpaired) electrons. The summed E-state index contributed by atoms with van der Waals surface area (Å²) in [5.74, 6) is 1.50. The van der Waals surface area contributed by atoms with Crippen LogP contribution in [0.5, 0.6) is 0 Å². The van der Waals surface area contributed by atoms with Crippen molar-refractivity contribution in [2.24, 2.45) is 23.7 Å². The Morgan fingerprint density at radius 1 is 0.464 bits per heavy atom. The molecule has 0 aliphatic heterocycles. The first-order chi connectivity index (χ1) is 13.1. The minimum Gasteiger partial charge on any atom is -0.389 e. The molecule has 0 aromatic heterocycles. The first-order valence-corrected chi connectivity index (χ1v) is 12.6. The van der Waals surface area contributed by atoms with Crippen LogP contribution in [0.3, 0.4) is 0 Å². The van der Waals surface area contributed by atoms with Crippen LogP contribution in [0.1, 0.15) is 132 Å². The number of hydrogen-bond donors (Lipinski definition) is 2. The standard InChI is InChI=1S/C26H54O2/c1-9-21(5)25(27,22(6)10-2)19-17-15-13-14-16-18-20-26(28,23(7)11-3)24(8)12-4/h21-24,27-28H,9-20H2,1-8H3. The fourth-order valence-corrected chi connectivity index (χ4v) is 4.89. The maximum absolute atomic E-state index is 11.2. The van der Waals surface area contributed by atoms with Crippen LogP contribution in [0.25, 0.3) is 0 Å². The molecule has 0 saturated carbocycles. The van der Waals surface area contributed by atoms with Crippen LogP contribution >= 0.6 is 0 Å². The van der Waals surface area contributed by atoms with Gasteiger partial charge in [0.15, 0.2) is 0 Å². The third-order valence-corrected chi connectivity index (χ3v) is 8.27. The van der Waals surface area contributed by atoms with Gasteiger partial charge in [-0.3, -0.25) is 0 Å². The molecular weight excluding hydrogens is 344 g/mol. The lowest BCUT2D eigenvalue weighted by Gasteiger charge is -2.39. The van der Waals surface area contributed by atoms with Crippen molar-refractivity contribution in [3.8, 4) is 0 Å². The Hall–Kier alpha value is -0.0800. The molecule has 0 aromatic carbocycles. The number of hydrogen-bond acceptors (Lipinski definition) is 2. The third-order valence-electron chi connectivity index (χ3n) is 8.27. The highest BCUT2D eigenvalue weighted by Gasteiger charge is 2.37. The zero-order valence-electron chi connectivity index (χ0n) is 20.7.